The third-order valence-electron chi connectivity index (χ3n) is 5.17. The van der Waals surface area contributed by atoms with Crippen LogP contribution < -0.4 is 5.43 Å². The summed E-state index contributed by atoms with van der Waals surface area (Å²) in [6.07, 6.45) is 1.62. The van der Waals surface area contributed by atoms with Crippen molar-refractivity contribution in [1.82, 2.24) is 9.47 Å². The van der Waals surface area contributed by atoms with Gasteiger partial charge in [0.25, 0.3) is 5.91 Å². The van der Waals surface area contributed by atoms with Gasteiger partial charge in [-0.25, -0.2) is 0 Å². The molecule has 4 rings (SSSR count). The Kier molecular flexibility index (Phi) is 4.28. The van der Waals surface area contributed by atoms with Gasteiger partial charge in [0.2, 0.25) is 5.43 Å². The monoisotopic (exact) mass is 360 g/mol. The first-order chi connectivity index (χ1) is 13.1. The lowest BCUT2D eigenvalue weighted by atomic mass is 9.83. The molecule has 0 saturated heterocycles. The fourth-order valence-electron chi connectivity index (χ4n) is 3.88. The lowest BCUT2D eigenvalue weighted by Gasteiger charge is -2.39. The molecule has 0 spiro atoms. The van der Waals surface area contributed by atoms with Crippen LogP contribution in [0.3, 0.4) is 0 Å². The maximum absolute atomic E-state index is 12.6. The van der Waals surface area contributed by atoms with Gasteiger partial charge in [-0.05, 0) is 11.1 Å². The van der Waals surface area contributed by atoms with Crippen LogP contribution in [-0.2, 0) is 0 Å². The number of pyridine rings is 1. The van der Waals surface area contributed by atoms with Crippen LogP contribution in [-0.4, -0.2) is 34.1 Å². The molecule has 1 aliphatic rings. The van der Waals surface area contributed by atoms with Crippen LogP contribution >= 0.6 is 0 Å². The van der Waals surface area contributed by atoms with Crippen molar-refractivity contribution in [1.29, 1.82) is 0 Å². The maximum atomic E-state index is 12.6. The molecule has 1 atom stereocenters. The van der Waals surface area contributed by atoms with Gasteiger partial charge in [-0.15, -0.1) is 0 Å². The minimum Gasteiger partial charge on any atom is -0.503 e. The Bertz CT molecular complexity index is 989. The molecule has 1 N–H and O–H groups in total. The first-order valence-electron chi connectivity index (χ1n) is 8.87. The average Bonchev–Trinajstić information content (AvgIpc) is 2.70. The van der Waals surface area contributed by atoms with Crippen LogP contribution in [0, 0.1) is 0 Å². The number of likely N-dealkylation sites (N-methyl/N-ethyl adjacent to an activating group) is 1. The Morgan fingerprint density at radius 2 is 1.48 bits per heavy atom. The van der Waals surface area contributed by atoms with Gasteiger partial charge < -0.3 is 14.6 Å². The van der Waals surface area contributed by atoms with E-state index in [0.717, 1.165) is 11.1 Å². The summed E-state index contributed by atoms with van der Waals surface area (Å²) in [5.74, 6) is -0.871. The molecular formula is C22H20N2O3. The standard InChI is InChI=1S/C22H20N2O3/c1-23-14-17(24-13-12-18(25)21(26)20(24)22(23)27)19(15-8-4-2-5-9-15)16-10-6-3-7-11-16/h2-13,17,19,26H,14H2,1H3/t17-/m1/s1. The molecule has 2 heterocycles. The summed E-state index contributed by atoms with van der Waals surface area (Å²) in [4.78, 5) is 26.1. The van der Waals surface area contributed by atoms with Crippen molar-refractivity contribution in [3.05, 3.63) is 100.0 Å². The van der Waals surface area contributed by atoms with E-state index in [1.54, 1.807) is 22.7 Å². The van der Waals surface area contributed by atoms with Crippen LogP contribution in [0.15, 0.2) is 77.7 Å². The van der Waals surface area contributed by atoms with Crippen molar-refractivity contribution >= 4 is 5.91 Å². The summed E-state index contributed by atoms with van der Waals surface area (Å²) in [6, 6.07) is 21.3. The molecule has 1 aliphatic heterocycles. The summed E-state index contributed by atoms with van der Waals surface area (Å²) in [5, 5.41) is 10.3. The van der Waals surface area contributed by atoms with Crippen molar-refractivity contribution in [3.8, 4) is 5.75 Å². The number of hydrogen-bond acceptors (Lipinski definition) is 3. The zero-order valence-corrected chi connectivity index (χ0v) is 14.9. The quantitative estimate of drug-likeness (QED) is 0.781. The van der Waals surface area contributed by atoms with Gasteiger partial charge in [-0.3, -0.25) is 9.59 Å². The van der Waals surface area contributed by atoms with E-state index >= 15 is 0 Å². The van der Waals surface area contributed by atoms with E-state index in [4.69, 9.17) is 0 Å². The van der Waals surface area contributed by atoms with Gasteiger partial charge in [-0.2, -0.15) is 0 Å². The van der Waals surface area contributed by atoms with Crippen molar-refractivity contribution in [2.45, 2.75) is 12.0 Å². The van der Waals surface area contributed by atoms with E-state index in [1.807, 2.05) is 36.4 Å². The number of carbonyl (C=O) groups is 1. The van der Waals surface area contributed by atoms with Crippen LogP contribution in [0.25, 0.3) is 0 Å². The number of rotatable bonds is 3. The number of carbonyl (C=O) groups excluding carboxylic acids is 1. The lowest BCUT2D eigenvalue weighted by Crippen LogP contribution is -2.44. The first kappa shape index (κ1) is 17.1. The van der Waals surface area contributed by atoms with E-state index in [0.29, 0.717) is 6.54 Å². The Morgan fingerprint density at radius 1 is 0.926 bits per heavy atom. The molecule has 5 heteroatoms. The second kappa shape index (κ2) is 6.76. The number of aromatic nitrogens is 1. The zero-order valence-electron chi connectivity index (χ0n) is 14.9. The second-order valence-electron chi connectivity index (χ2n) is 6.84. The molecule has 1 amide bonds. The minimum absolute atomic E-state index is 0.0383. The molecule has 27 heavy (non-hydrogen) atoms. The fraction of sp³-hybridized carbons (Fsp3) is 0.182. The molecule has 2 aromatic carbocycles. The van der Waals surface area contributed by atoms with Gasteiger partial charge in [0.15, 0.2) is 11.4 Å². The molecule has 0 aliphatic carbocycles. The number of nitrogens with zero attached hydrogens (tertiary/aromatic N) is 2. The van der Waals surface area contributed by atoms with Crippen molar-refractivity contribution in [2.75, 3.05) is 13.6 Å². The molecular weight excluding hydrogens is 340 g/mol. The Labute approximate surface area is 157 Å². The smallest absolute Gasteiger partial charge is 0.274 e. The summed E-state index contributed by atoms with van der Waals surface area (Å²) >= 11 is 0. The molecule has 0 saturated carbocycles. The van der Waals surface area contributed by atoms with Gasteiger partial charge in [0.05, 0.1) is 6.04 Å². The molecule has 5 nitrogen and oxygen atoms in total. The summed E-state index contributed by atoms with van der Waals surface area (Å²) in [6.45, 7) is 0.475. The molecule has 0 unspecified atom stereocenters. The third-order valence-corrected chi connectivity index (χ3v) is 5.17. The number of amides is 1. The Balaban J connectivity index is 1.94. The normalized spacial score (nSPS) is 16.4. The highest BCUT2D eigenvalue weighted by Gasteiger charge is 2.37. The predicted molar refractivity (Wildman–Crippen MR) is 103 cm³/mol. The maximum Gasteiger partial charge on any atom is 0.274 e. The highest BCUT2D eigenvalue weighted by atomic mass is 16.3. The van der Waals surface area contributed by atoms with Crippen LogP contribution in [0.2, 0.25) is 0 Å². The summed E-state index contributed by atoms with van der Waals surface area (Å²) in [7, 11) is 1.70. The van der Waals surface area contributed by atoms with Gasteiger partial charge >= 0.3 is 0 Å². The van der Waals surface area contributed by atoms with Crippen molar-refractivity contribution in [2.24, 2.45) is 0 Å². The first-order valence-corrected chi connectivity index (χ1v) is 8.87. The fourth-order valence-corrected chi connectivity index (χ4v) is 3.88. The van der Waals surface area contributed by atoms with E-state index in [9.17, 15) is 14.7 Å². The second-order valence-corrected chi connectivity index (χ2v) is 6.84. The topological polar surface area (TPSA) is 62.5 Å². The average molecular weight is 360 g/mol. The molecule has 0 bridgehead atoms. The SMILES string of the molecule is CN1C[C@H](C(c2ccccc2)c2ccccc2)n2ccc(=O)c(O)c2C1=O. The van der Waals surface area contributed by atoms with Crippen molar-refractivity contribution < 1.29 is 9.90 Å². The number of benzene rings is 2. The van der Waals surface area contributed by atoms with Crippen LogP contribution in [0.4, 0.5) is 0 Å². The van der Waals surface area contributed by atoms with E-state index in [1.165, 1.54) is 6.07 Å². The highest BCUT2D eigenvalue weighted by molar-refractivity contribution is 5.95. The molecule has 1 aromatic heterocycles. The minimum atomic E-state index is -0.542. The van der Waals surface area contributed by atoms with Crippen LogP contribution in [0.5, 0.6) is 5.75 Å². The van der Waals surface area contributed by atoms with E-state index in [2.05, 4.69) is 24.3 Å². The predicted octanol–water partition coefficient (Wildman–Crippen LogP) is 3.01. The Hall–Kier alpha value is -3.34. The van der Waals surface area contributed by atoms with Crippen LogP contribution in [0.1, 0.15) is 33.6 Å². The van der Waals surface area contributed by atoms with Gasteiger partial charge in [-0.1, -0.05) is 60.7 Å². The van der Waals surface area contributed by atoms with Crippen molar-refractivity contribution in [3.63, 3.8) is 0 Å². The van der Waals surface area contributed by atoms with Gasteiger partial charge in [0, 0.05) is 31.8 Å². The lowest BCUT2D eigenvalue weighted by molar-refractivity contribution is 0.0701. The molecule has 3 aromatic rings. The molecule has 0 fully saturated rings. The zero-order chi connectivity index (χ0) is 19.0. The highest BCUT2D eigenvalue weighted by Crippen LogP contribution is 2.39. The number of aromatic hydroxyl groups is 1. The number of fused-ring (bicyclic) bond motifs is 1. The van der Waals surface area contributed by atoms with E-state index in [-0.39, 0.29) is 23.6 Å². The third kappa shape index (κ3) is 2.91. The summed E-state index contributed by atoms with van der Waals surface area (Å²) in [5.41, 5.74) is 1.74. The molecule has 0 radical (unpaired) electrons. The van der Waals surface area contributed by atoms with Gasteiger partial charge in [0.1, 0.15) is 0 Å². The number of hydrogen-bond donors (Lipinski definition) is 1. The Morgan fingerprint density at radius 3 is 2.04 bits per heavy atom. The largest absolute Gasteiger partial charge is 0.503 e. The van der Waals surface area contributed by atoms with E-state index < -0.39 is 11.2 Å². The molecule has 136 valence electrons. The summed E-state index contributed by atoms with van der Waals surface area (Å²) < 4.78 is 1.75.